The van der Waals surface area contributed by atoms with Crippen LogP contribution in [-0.4, -0.2) is 55.6 Å². The van der Waals surface area contributed by atoms with Crippen molar-refractivity contribution in [1.29, 1.82) is 0 Å². The molecule has 0 saturated heterocycles. The summed E-state index contributed by atoms with van der Waals surface area (Å²) in [4.78, 5) is 27.5. The minimum absolute atomic E-state index is 0.00267. The first-order valence-corrected chi connectivity index (χ1v) is 13.4. The van der Waals surface area contributed by atoms with E-state index in [-0.39, 0.29) is 17.5 Å². The fraction of sp³-hybridized carbons (Fsp3) is 0.517. The highest BCUT2D eigenvalue weighted by molar-refractivity contribution is 5.89. The Morgan fingerprint density at radius 3 is 2.50 bits per heavy atom. The molecule has 0 radical (unpaired) electrons. The van der Waals surface area contributed by atoms with E-state index >= 15 is 4.39 Å². The third kappa shape index (κ3) is 5.84. The molecular formula is C29H37F3N6O2. The Morgan fingerprint density at radius 1 is 1.23 bits per heavy atom. The van der Waals surface area contributed by atoms with Crippen LogP contribution in [0.1, 0.15) is 69.7 Å². The smallest absolute Gasteiger partial charge is 0.303 e. The van der Waals surface area contributed by atoms with E-state index in [1.807, 2.05) is 17.9 Å². The molecule has 1 aliphatic carbocycles. The van der Waals surface area contributed by atoms with Crippen LogP contribution in [0, 0.1) is 25.6 Å². The number of pyridine rings is 1. The molecule has 8 nitrogen and oxygen atoms in total. The normalized spacial score (nSPS) is 18.0. The van der Waals surface area contributed by atoms with Gasteiger partial charge in [0.05, 0.1) is 28.4 Å². The average molecular weight is 559 g/mol. The van der Waals surface area contributed by atoms with E-state index in [0.717, 1.165) is 32.0 Å². The Hall–Kier alpha value is -3.47. The van der Waals surface area contributed by atoms with Crippen LogP contribution in [0.3, 0.4) is 0 Å². The zero-order valence-corrected chi connectivity index (χ0v) is 23.9. The van der Waals surface area contributed by atoms with Crippen LogP contribution in [0.25, 0.3) is 11.0 Å². The second-order valence-electron chi connectivity index (χ2n) is 11.2. The predicted octanol–water partition coefficient (Wildman–Crippen LogP) is 5.49. The molecule has 0 aliphatic heterocycles. The number of benzene rings is 1. The van der Waals surface area contributed by atoms with Gasteiger partial charge in [-0.15, -0.1) is 0 Å². The molecule has 2 aromatic heterocycles. The molecule has 1 aliphatic rings. The number of nitrogens with one attached hydrogen (secondary N) is 2. The molecular weight excluding hydrogens is 521 g/mol. The van der Waals surface area contributed by atoms with Crippen molar-refractivity contribution in [3.8, 4) is 0 Å². The molecule has 216 valence electrons. The minimum Gasteiger partial charge on any atom is -0.384 e. The quantitative estimate of drug-likeness (QED) is 0.303. The lowest BCUT2D eigenvalue weighted by Gasteiger charge is -2.30. The summed E-state index contributed by atoms with van der Waals surface area (Å²) < 4.78 is 45.1. The first-order chi connectivity index (χ1) is 18.6. The number of anilines is 2. The Morgan fingerprint density at radius 2 is 1.90 bits per heavy atom. The first-order valence-electron chi connectivity index (χ1n) is 13.4. The number of hydrogen-bond acceptors (Lipinski definition) is 7. The molecule has 2 unspecified atom stereocenters. The highest BCUT2D eigenvalue weighted by atomic mass is 19.3. The number of carbonyl (C=O) groups is 1. The minimum atomic E-state index is -3.80. The molecule has 1 amide bonds. The lowest BCUT2D eigenvalue weighted by atomic mass is 9.91. The summed E-state index contributed by atoms with van der Waals surface area (Å²) in [5.41, 5.74) is -1.44. The van der Waals surface area contributed by atoms with Crippen LogP contribution < -0.4 is 10.6 Å². The number of halogens is 3. The highest BCUT2D eigenvalue weighted by Gasteiger charge is 2.49. The number of fused-ring (bicyclic) bond motifs is 1. The van der Waals surface area contributed by atoms with Crippen molar-refractivity contribution in [2.75, 3.05) is 23.7 Å². The topological polar surface area (TPSA) is 103 Å². The molecule has 0 bridgehead atoms. The van der Waals surface area contributed by atoms with Crippen molar-refractivity contribution in [3.63, 3.8) is 0 Å². The van der Waals surface area contributed by atoms with Gasteiger partial charge in [0.25, 0.3) is 0 Å². The fourth-order valence-corrected chi connectivity index (χ4v) is 4.89. The number of amides is 1. The molecule has 3 N–H and O–H groups in total. The summed E-state index contributed by atoms with van der Waals surface area (Å²) in [6, 6.07) is 5.12. The van der Waals surface area contributed by atoms with Crippen LogP contribution in [-0.2, 0) is 10.7 Å². The lowest BCUT2D eigenvalue weighted by Crippen LogP contribution is -2.41. The number of aliphatic hydroxyl groups is 1. The zero-order chi connectivity index (χ0) is 29.6. The van der Waals surface area contributed by atoms with Gasteiger partial charge in [0.1, 0.15) is 23.1 Å². The van der Waals surface area contributed by atoms with Gasteiger partial charge < -0.3 is 20.6 Å². The van der Waals surface area contributed by atoms with Crippen molar-refractivity contribution in [2.45, 2.75) is 78.5 Å². The van der Waals surface area contributed by atoms with Crippen LogP contribution >= 0.6 is 0 Å². The number of aromatic nitrogens is 3. The van der Waals surface area contributed by atoms with Crippen molar-refractivity contribution in [2.24, 2.45) is 5.92 Å². The maximum absolute atomic E-state index is 15.4. The summed E-state index contributed by atoms with van der Waals surface area (Å²) in [5, 5.41) is 17.0. The van der Waals surface area contributed by atoms with Crippen LogP contribution in [0.5, 0.6) is 0 Å². The fourth-order valence-electron chi connectivity index (χ4n) is 4.89. The molecule has 1 fully saturated rings. The summed E-state index contributed by atoms with van der Waals surface area (Å²) in [5.74, 6) is -3.53. The van der Waals surface area contributed by atoms with E-state index in [1.165, 1.54) is 12.1 Å². The van der Waals surface area contributed by atoms with E-state index in [9.17, 15) is 18.7 Å². The van der Waals surface area contributed by atoms with E-state index in [0.29, 0.717) is 47.4 Å². The molecule has 40 heavy (non-hydrogen) atoms. The van der Waals surface area contributed by atoms with Gasteiger partial charge in [0, 0.05) is 31.6 Å². The Bertz CT molecular complexity index is 1430. The van der Waals surface area contributed by atoms with E-state index in [2.05, 4.69) is 32.5 Å². The summed E-state index contributed by atoms with van der Waals surface area (Å²) >= 11 is 0. The molecule has 0 spiro atoms. The van der Waals surface area contributed by atoms with Gasteiger partial charge in [-0.05, 0) is 59.1 Å². The maximum Gasteiger partial charge on any atom is 0.303 e. The average Bonchev–Trinajstić information content (AvgIpc) is 3.56. The van der Waals surface area contributed by atoms with Gasteiger partial charge >= 0.3 is 5.92 Å². The van der Waals surface area contributed by atoms with Crippen LogP contribution in [0.15, 0.2) is 24.3 Å². The monoisotopic (exact) mass is 558 g/mol. The van der Waals surface area contributed by atoms with Gasteiger partial charge in [-0.2, -0.15) is 8.78 Å². The molecule has 4 rings (SSSR count). The Balaban J connectivity index is 1.61. The van der Waals surface area contributed by atoms with Crippen LogP contribution in [0.2, 0.25) is 0 Å². The lowest BCUT2D eigenvalue weighted by molar-refractivity contribution is -0.170. The molecule has 11 heteroatoms. The highest BCUT2D eigenvalue weighted by Crippen LogP contribution is 2.41. The second-order valence-corrected chi connectivity index (χ2v) is 11.2. The standard InChI is InChI=1S/C29H37F3N6O2/c1-15-13-24(15)38(19(5)39)12-11-33-23-14-21-26(36-18(4)37-27(21)35-17(23)3)34-16(2)20-9-8-10-22(25(20)30)29(31,32)28(6,7)40/h8-10,14-16,24,33,40H,11-13H2,1-7H3,(H,34,35,36,37)/t15?,16-,24?/m1/s1. The van der Waals surface area contributed by atoms with Gasteiger partial charge in [-0.25, -0.2) is 19.3 Å². The largest absolute Gasteiger partial charge is 0.384 e. The van der Waals surface area contributed by atoms with Gasteiger partial charge in [-0.1, -0.05) is 19.1 Å². The third-order valence-electron chi connectivity index (χ3n) is 7.48. The molecule has 3 atom stereocenters. The van der Waals surface area contributed by atoms with Crippen molar-refractivity contribution >= 4 is 28.4 Å². The second kappa shape index (κ2) is 10.8. The van der Waals surface area contributed by atoms with Crippen molar-refractivity contribution in [3.05, 3.63) is 52.7 Å². The number of nitrogens with zero attached hydrogens (tertiary/aromatic N) is 4. The number of alkyl halides is 2. The van der Waals surface area contributed by atoms with Gasteiger partial charge in [0.15, 0.2) is 5.65 Å². The van der Waals surface area contributed by atoms with Crippen molar-refractivity contribution < 1.29 is 23.1 Å². The molecule has 2 heterocycles. The Labute approximate surface area is 232 Å². The first kappa shape index (κ1) is 29.5. The Kier molecular flexibility index (Phi) is 7.99. The summed E-state index contributed by atoms with van der Waals surface area (Å²) in [6.45, 7) is 11.9. The third-order valence-corrected chi connectivity index (χ3v) is 7.48. The van der Waals surface area contributed by atoms with Gasteiger partial charge in [0.2, 0.25) is 5.91 Å². The van der Waals surface area contributed by atoms with E-state index in [1.54, 1.807) is 20.8 Å². The van der Waals surface area contributed by atoms with E-state index in [4.69, 9.17) is 0 Å². The van der Waals surface area contributed by atoms with Gasteiger partial charge in [-0.3, -0.25) is 4.79 Å². The number of carbonyl (C=O) groups excluding carboxylic acids is 1. The molecule has 1 aromatic carbocycles. The summed E-state index contributed by atoms with van der Waals surface area (Å²) in [7, 11) is 0. The van der Waals surface area contributed by atoms with Crippen molar-refractivity contribution in [1.82, 2.24) is 19.9 Å². The predicted molar refractivity (Wildman–Crippen MR) is 149 cm³/mol. The summed E-state index contributed by atoms with van der Waals surface area (Å²) in [6.07, 6.45) is 1.01. The van der Waals surface area contributed by atoms with Crippen LogP contribution in [0.4, 0.5) is 24.7 Å². The maximum atomic E-state index is 15.4. The molecule has 3 aromatic rings. The molecule has 1 saturated carbocycles. The SMILES string of the molecule is CC(=O)N(CCNc1cc2c(N[C@H](C)c3cccc(C(F)(F)C(C)(C)O)c3F)nc(C)nc2nc1C)C1CC1C. The number of rotatable bonds is 10. The number of hydrogen-bond donors (Lipinski definition) is 3. The number of aryl methyl sites for hydroxylation is 2. The zero-order valence-electron chi connectivity index (χ0n) is 23.9. The van der Waals surface area contributed by atoms with E-state index < -0.39 is 28.9 Å².